The number of nitro benzene ring substituents is 1. The first-order chi connectivity index (χ1) is 16.9. The number of carbonyl (C=O) groups excluding carboxylic acids is 3. The van der Waals surface area contributed by atoms with E-state index < -0.39 is 22.8 Å². The lowest BCUT2D eigenvalue weighted by molar-refractivity contribution is -0.384. The molecule has 1 aliphatic rings. The highest BCUT2D eigenvalue weighted by Crippen LogP contribution is 2.27. The Hall–Kier alpha value is -4.99. The van der Waals surface area contributed by atoms with E-state index in [-0.39, 0.29) is 17.8 Å². The van der Waals surface area contributed by atoms with Gasteiger partial charge >= 0.3 is 6.03 Å². The molecule has 0 bridgehead atoms. The van der Waals surface area contributed by atoms with Crippen LogP contribution in [0.5, 0.6) is 0 Å². The minimum atomic E-state index is -0.818. The first kappa shape index (κ1) is 21.8. The van der Waals surface area contributed by atoms with Gasteiger partial charge in [0.25, 0.3) is 17.5 Å². The molecule has 1 fully saturated rings. The molecule has 1 saturated heterocycles. The molecule has 10 nitrogen and oxygen atoms in total. The Morgan fingerprint density at radius 1 is 1.00 bits per heavy atom. The van der Waals surface area contributed by atoms with Crippen LogP contribution < -0.4 is 5.32 Å². The molecular weight excluding hydrogens is 452 g/mol. The molecular formula is C25H18N4O6. The number of barbiturate groups is 1. The molecule has 0 atom stereocenters. The molecule has 0 radical (unpaired) electrons. The molecule has 4 amide bonds. The van der Waals surface area contributed by atoms with Crippen molar-refractivity contribution in [1.29, 1.82) is 0 Å². The molecule has 2 aromatic carbocycles. The zero-order valence-electron chi connectivity index (χ0n) is 18.2. The molecule has 1 aliphatic heterocycles. The average molecular weight is 470 g/mol. The largest absolute Gasteiger partial charge is 0.467 e. The average Bonchev–Trinajstić information content (AvgIpc) is 3.48. The molecule has 174 valence electrons. The van der Waals surface area contributed by atoms with Crippen LogP contribution in [0.1, 0.15) is 16.9 Å². The van der Waals surface area contributed by atoms with Crippen molar-refractivity contribution in [1.82, 2.24) is 14.8 Å². The number of hydrogen-bond donors (Lipinski definition) is 1. The fourth-order valence-corrected chi connectivity index (χ4v) is 4.04. The van der Waals surface area contributed by atoms with Crippen molar-refractivity contribution in [2.24, 2.45) is 0 Å². The Bertz CT molecular complexity index is 1520. The molecule has 35 heavy (non-hydrogen) atoms. The lowest BCUT2D eigenvalue weighted by Gasteiger charge is -2.25. The second kappa shape index (κ2) is 8.75. The SMILES string of the molecule is O=C1NC(=O)N(Cc2ccco2)C(=O)/C1=C/c1cn(Cc2cccc([N+](=O)[O-])c2)c2ccccc12. The molecule has 10 heteroatoms. The first-order valence-electron chi connectivity index (χ1n) is 10.6. The Labute approximate surface area is 198 Å². The summed E-state index contributed by atoms with van der Waals surface area (Å²) < 4.78 is 7.12. The van der Waals surface area contributed by atoms with Crippen molar-refractivity contribution >= 4 is 40.5 Å². The summed E-state index contributed by atoms with van der Waals surface area (Å²) in [7, 11) is 0. The molecule has 0 spiro atoms. The summed E-state index contributed by atoms with van der Waals surface area (Å²) in [6, 6.07) is 16.2. The van der Waals surface area contributed by atoms with Crippen LogP contribution in [0.15, 0.2) is 83.1 Å². The third-order valence-electron chi connectivity index (χ3n) is 5.67. The number of nitrogens with one attached hydrogen (secondary N) is 1. The van der Waals surface area contributed by atoms with E-state index >= 15 is 0 Å². The van der Waals surface area contributed by atoms with E-state index in [9.17, 15) is 24.5 Å². The maximum Gasteiger partial charge on any atom is 0.331 e. The fourth-order valence-electron chi connectivity index (χ4n) is 4.04. The smallest absolute Gasteiger partial charge is 0.331 e. The predicted molar refractivity (Wildman–Crippen MR) is 125 cm³/mol. The summed E-state index contributed by atoms with van der Waals surface area (Å²) in [5, 5.41) is 14.1. The summed E-state index contributed by atoms with van der Waals surface area (Å²) in [6.45, 7) is 0.228. The minimum Gasteiger partial charge on any atom is -0.467 e. The van der Waals surface area contributed by atoms with Crippen molar-refractivity contribution in [3.8, 4) is 0 Å². The van der Waals surface area contributed by atoms with Gasteiger partial charge in [0.15, 0.2) is 0 Å². The lowest BCUT2D eigenvalue weighted by Crippen LogP contribution is -2.53. The topological polar surface area (TPSA) is 128 Å². The molecule has 3 heterocycles. The highest BCUT2D eigenvalue weighted by molar-refractivity contribution is 6.31. The number of nitro groups is 1. The zero-order chi connectivity index (χ0) is 24.5. The molecule has 4 aromatic rings. The third kappa shape index (κ3) is 4.20. The number of furan rings is 1. The van der Waals surface area contributed by atoms with Gasteiger partial charge in [-0.2, -0.15) is 0 Å². The Balaban J connectivity index is 1.52. The summed E-state index contributed by atoms with van der Waals surface area (Å²) in [6.07, 6.45) is 4.65. The number of rotatable bonds is 6. The number of benzene rings is 2. The monoisotopic (exact) mass is 470 g/mol. The van der Waals surface area contributed by atoms with Crippen molar-refractivity contribution in [3.63, 3.8) is 0 Å². The van der Waals surface area contributed by atoms with Crippen LogP contribution >= 0.6 is 0 Å². The van der Waals surface area contributed by atoms with Crippen molar-refractivity contribution in [2.45, 2.75) is 13.1 Å². The van der Waals surface area contributed by atoms with Gasteiger partial charge < -0.3 is 8.98 Å². The quantitative estimate of drug-likeness (QED) is 0.197. The van der Waals surface area contributed by atoms with Crippen LogP contribution in [-0.2, 0) is 22.7 Å². The Kier molecular flexibility index (Phi) is 5.46. The van der Waals surface area contributed by atoms with E-state index in [1.165, 1.54) is 24.5 Å². The number of nitrogens with zero attached hydrogens (tertiary/aromatic N) is 3. The van der Waals surface area contributed by atoms with Crippen molar-refractivity contribution in [2.75, 3.05) is 0 Å². The van der Waals surface area contributed by atoms with Gasteiger partial charge in [0.2, 0.25) is 0 Å². The summed E-state index contributed by atoms with van der Waals surface area (Å²) >= 11 is 0. The number of imide groups is 2. The van der Waals surface area contributed by atoms with Gasteiger partial charge in [-0.05, 0) is 29.8 Å². The molecule has 5 rings (SSSR count). The molecule has 2 aromatic heterocycles. The number of fused-ring (bicyclic) bond motifs is 1. The van der Waals surface area contributed by atoms with Crippen molar-refractivity contribution in [3.05, 3.63) is 106 Å². The van der Waals surface area contributed by atoms with Crippen LogP contribution in [0.25, 0.3) is 17.0 Å². The van der Waals surface area contributed by atoms with Crippen LogP contribution in [0.2, 0.25) is 0 Å². The van der Waals surface area contributed by atoms with Crippen LogP contribution in [0.3, 0.4) is 0 Å². The van der Waals surface area contributed by atoms with E-state index in [1.54, 1.807) is 30.5 Å². The lowest BCUT2D eigenvalue weighted by atomic mass is 10.1. The number of aromatic nitrogens is 1. The number of hydrogen-bond acceptors (Lipinski definition) is 6. The van der Waals surface area contributed by atoms with Crippen LogP contribution in [0, 0.1) is 10.1 Å². The first-order valence-corrected chi connectivity index (χ1v) is 10.6. The number of amides is 4. The van der Waals surface area contributed by atoms with Gasteiger partial charge in [0.05, 0.1) is 17.7 Å². The number of urea groups is 1. The molecule has 1 N–H and O–H groups in total. The Morgan fingerprint density at radius 2 is 1.83 bits per heavy atom. The number of non-ortho nitro benzene ring substituents is 1. The van der Waals surface area contributed by atoms with E-state index in [0.29, 0.717) is 17.9 Å². The highest BCUT2D eigenvalue weighted by Gasteiger charge is 2.36. The molecule has 0 unspecified atom stereocenters. The van der Waals surface area contributed by atoms with E-state index in [1.807, 2.05) is 28.8 Å². The summed E-state index contributed by atoms with van der Waals surface area (Å²) in [4.78, 5) is 49.5. The molecule has 0 aliphatic carbocycles. The van der Waals surface area contributed by atoms with Crippen molar-refractivity contribution < 1.29 is 23.7 Å². The second-order valence-corrected chi connectivity index (χ2v) is 7.94. The zero-order valence-corrected chi connectivity index (χ0v) is 18.2. The molecule has 0 saturated carbocycles. The van der Waals surface area contributed by atoms with Gasteiger partial charge in [0, 0.05) is 41.3 Å². The van der Waals surface area contributed by atoms with Gasteiger partial charge in [-0.3, -0.25) is 29.9 Å². The Morgan fingerprint density at radius 3 is 2.60 bits per heavy atom. The van der Waals surface area contributed by atoms with E-state index in [2.05, 4.69) is 5.32 Å². The van der Waals surface area contributed by atoms with Gasteiger partial charge in [-0.25, -0.2) is 4.79 Å². The maximum atomic E-state index is 13.1. The van der Waals surface area contributed by atoms with Crippen LogP contribution in [-0.4, -0.2) is 32.2 Å². The predicted octanol–water partition coefficient (Wildman–Crippen LogP) is 3.85. The van der Waals surface area contributed by atoms with Gasteiger partial charge in [-0.1, -0.05) is 30.3 Å². The summed E-state index contributed by atoms with van der Waals surface area (Å²) in [5.74, 6) is -1.12. The van der Waals surface area contributed by atoms with Gasteiger partial charge in [0.1, 0.15) is 11.3 Å². The standard InChI is InChI=1S/C25H18N4O6/c30-23-21(24(31)28(25(32)26-23)15-19-7-4-10-35-19)12-17-14-27(22-9-2-1-8-20(17)22)13-16-5-3-6-18(11-16)29(33)34/h1-12,14H,13,15H2,(H,26,30,32)/b21-12+. The minimum absolute atomic E-state index is 0.00732. The number of carbonyl (C=O) groups is 3. The maximum absolute atomic E-state index is 13.1. The van der Waals surface area contributed by atoms with Crippen LogP contribution in [0.4, 0.5) is 10.5 Å². The van der Waals surface area contributed by atoms with E-state index in [0.717, 1.165) is 21.4 Å². The third-order valence-corrected chi connectivity index (χ3v) is 5.67. The van der Waals surface area contributed by atoms with Gasteiger partial charge in [-0.15, -0.1) is 0 Å². The summed E-state index contributed by atoms with van der Waals surface area (Å²) in [5.41, 5.74) is 1.94. The van der Waals surface area contributed by atoms with E-state index in [4.69, 9.17) is 4.42 Å². The normalized spacial score (nSPS) is 15.1. The fraction of sp³-hybridized carbons (Fsp3) is 0.0800. The highest BCUT2D eigenvalue weighted by atomic mass is 16.6. The second-order valence-electron chi connectivity index (χ2n) is 7.94. The number of para-hydroxylation sites is 1.